The minimum Gasteiger partial charge on any atom is -0.398 e. The average molecular weight is 244 g/mol. The zero-order chi connectivity index (χ0) is 12.9. The number of anilines is 2. The van der Waals surface area contributed by atoms with Crippen LogP contribution in [-0.4, -0.2) is 5.91 Å². The van der Waals surface area contributed by atoms with Crippen LogP contribution >= 0.6 is 0 Å². The maximum atomic E-state index is 12.2. The van der Waals surface area contributed by atoms with E-state index in [0.29, 0.717) is 11.8 Å². The van der Waals surface area contributed by atoms with Crippen LogP contribution in [0, 0.1) is 31.6 Å². The van der Waals surface area contributed by atoms with Crippen LogP contribution in [0.4, 0.5) is 11.4 Å². The first-order valence-electron chi connectivity index (χ1n) is 6.75. The highest BCUT2D eigenvalue weighted by atomic mass is 16.2. The van der Waals surface area contributed by atoms with E-state index in [-0.39, 0.29) is 11.8 Å². The normalized spacial score (nSPS) is 28.9. The van der Waals surface area contributed by atoms with Gasteiger partial charge in [-0.15, -0.1) is 0 Å². The molecule has 2 unspecified atom stereocenters. The van der Waals surface area contributed by atoms with Crippen LogP contribution in [0.2, 0.25) is 0 Å². The van der Waals surface area contributed by atoms with Crippen molar-refractivity contribution in [2.75, 3.05) is 11.1 Å². The molecule has 3 heteroatoms. The zero-order valence-corrected chi connectivity index (χ0v) is 11.0. The highest BCUT2D eigenvalue weighted by molar-refractivity contribution is 5.96. The average Bonchev–Trinajstić information content (AvgIpc) is 2.80. The van der Waals surface area contributed by atoms with Crippen LogP contribution in [0.15, 0.2) is 12.1 Å². The van der Waals surface area contributed by atoms with Gasteiger partial charge < -0.3 is 11.1 Å². The molecule has 1 amide bonds. The van der Waals surface area contributed by atoms with Crippen molar-refractivity contribution in [3.63, 3.8) is 0 Å². The number of benzene rings is 1. The van der Waals surface area contributed by atoms with Gasteiger partial charge >= 0.3 is 0 Å². The summed E-state index contributed by atoms with van der Waals surface area (Å²) in [6.45, 7) is 4.00. The molecule has 2 fully saturated rings. The van der Waals surface area contributed by atoms with Crippen molar-refractivity contribution in [1.82, 2.24) is 0 Å². The lowest BCUT2D eigenvalue weighted by Crippen LogP contribution is -2.17. The Bertz CT molecular complexity index is 499. The fourth-order valence-electron chi connectivity index (χ4n) is 3.43. The van der Waals surface area contributed by atoms with Gasteiger partial charge in [0.2, 0.25) is 5.91 Å². The van der Waals surface area contributed by atoms with Crippen molar-refractivity contribution < 1.29 is 4.79 Å². The van der Waals surface area contributed by atoms with Crippen LogP contribution in [0.5, 0.6) is 0 Å². The molecule has 18 heavy (non-hydrogen) atoms. The molecule has 0 saturated heterocycles. The van der Waals surface area contributed by atoms with Crippen molar-refractivity contribution in [3.8, 4) is 0 Å². The minimum absolute atomic E-state index is 0.191. The Labute approximate surface area is 108 Å². The summed E-state index contributed by atoms with van der Waals surface area (Å²) >= 11 is 0. The number of hydrogen-bond acceptors (Lipinski definition) is 2. The van der Waals surface area contributed by atoms with E-state index in [9.17, 15) is 4.79 Å². The third-order valence-corrected chi connectivity index (χ3v) is 4.58. The van der Waals surface area contributed by atoms with E-state index in [1.807, 2.05) is 26.0 Å². The van der Waals surface area contributed by atoms with Crippen LogP contribution in [0.25, 0.3) is 0 Å². The molecular weight excluding hydrogens is 224 g/mol. The lowest BCUT2D eigenvalue weighted by atomic mass is 10.1. The van der Waals surface area contributed by atoms with Gasteiger partial charge in [0.25, 0.3) is 0 Å². The Balaban J connectivity index is 1.73. The van der Waals surface area contributed by atoms with Crippen LogP contribution in [0.1, 0.15) is 30.4 Å². The molecule has 3 nitrogen and oxygen atoms in total. The van der Waals surface area contributed by atoms with Gasteiger partial charge in [-0.1, -0.05) is 12.5 Å². The molecule has 1 aromatic rings. The second kappa shape index (κ2) is 4.01. The van der Waals surface area contributed by atoms with E-state index >= 15 is 0 Å². The third-order valence-electron chi connectivity index (χ3n) is 4.58. The molecule has 3 N–H and O–H groups in total. The molecule has 2 atom stereocenters. The monoisotopic (exact) mass is 244 g/mol. The summed E-state index contributed by atoms with van der Waals surface area (Å²) in [7, 11) is 0. The molecule has 1 aromatic carbocycles. The summed E-state index contributed by atoms with van der Waals surface area (Å²) in [5.74, 6) is 1.78. The largest absolute Gasteiger partial charge is 0.398 e. The second-order valence-electron chi connectivity index (χ2n) is 5.80. The lowest BCUT2D eigenvalue weighted by molar-refractivity contribution is -0.118. The molecule has 3 rings (SSSR count). The van der Waals surface area contributed by atoms with Gasteiger partial charge in [-0.05, 0) is 55.7 Å². The number of nitrogens with two attached hydrogens (primary N) is 1. The van der Waals surface area contributed by atoms with Gasteiger partial charge in [0, 0.05) is 17.3 Å². The molecule has 2 aliphatic carbocycles. The molecule has 0 aromatic heterocycles. The topological polar surface area (TPSA) is 55.1 Å². The van der Waals surface area contributed by atoms with E-state index in [1.54, 1.807) is 0 Å². The number of nitrogen functional groups attached to an aromatic ring is 1. The number of carbonyl (C=O) groups excluding carboxylic acids is 1. The fraction of sp³-hybridized carbons (Fsp3) is 0.533. The van der Waals surface area contributed by atoms with Crippen LogP contribution < -0.4 is 11.1 Å². The smallest absolute Gasteiger partial charge is 0.228 e. The Morgan fingerprint density at radius 2 is 1.89 bits per heavy atom. The van der Waals surface area contributed by atoms with Gasteiger partial charge in [0.1, 0.15) is 0 Å². The van der Waals surface area contributed by atoms with Crippen molar-refractivity contribution >= 4 is 17.3 Å². The van der Waals surface area contributed by atoms with E-state index < -0.39 is 0 Å². The van der Waals surface area contributed by atoms with Gasteiger partial charge in [-0.25, -0.2) is 0 Å². The van der Waals surface area contributed by atoms with E-state index in [0.717, 1.165) is 22.5 Å². The SMILES string of the molecule is Cc1cc(C)c(NC(=O)C2C3CCCC32)cc1N. The first kappa shape index (κ1) is 11.6. The predicted molar refractivity (Wildman–Crippen MR) is 73.3 cm³/mol. The van der Waals surface area contributed by atoms with Gasteiger partial charge in [-0.3, -0.25) is 4.79 Å². The van der Waals surface area contributed by atoms with Gasteiger partial charge in [0.05, 0.1) is 0 Å². The Morgan fingerprint density at radius 1 is 1.22 bits per heavy atom. The molecule has 0 bridgehead atoms. The number of hydrogen-bond donors (Lipinski definition) is 2. The Morgan fingerprint density at radius 3 is 2.56 bits per heavy atom. The number of aryl methyl sites for hydroxylation is 2. The van der Waals surface area contributed by atoms with Crippen LogP contribution in [-0.2, 0) is 4.79 Å². The molecule has 0 spiro atoms. The maximum Gasteiger partial charge on any atom is 0.228 e. The van der Waals surface area contributed by atoms with Crippen molar-refractivity contribution in [2.24, 2.45) is 17.8 Å². The standard InChI is InChI=1S/C15H20N2O/c1-8-6-9(2)13(7-12(8)16)17-15(18)14-10-4-3-5-11(10)14/h6-7,10-11,14H,3-5,16H2,1-2H3,(H,17,18). The first-order chi connectivity index (χ1) is 8.58. The summed E-state index contributed by atoms with van der Waals surface area (Å²) < 4.78 is 0. The highest BCUT2D eigenvalue weighted by Crippen LogP contribution is 2.57. The van der Waals surface area contributed by atoms with Crippen molar-refractivity contribution in [2.45, 2.75) is 33.1 Å². The second-order valence-corrected chi connectivity index (χ2v) is 5.80. The zero-order valence-electron chi connectivity index (χ0n) is 11.0. The molecular formula is C15H20N2O. The highest BCUT2D eigenvalue weighted by Gasteiger charge is 2.56. The van der Waals surface area contributed by atoms with Gasteiger partial charge in [0.15, 0.2) is 0 Å². The summed E-state index contributed by atoms with van der Waals surface area (Å²) in [4.78, 5) is 12.2. The molecule has 0 aliphatic heterocycles. The van der Waals surface area contributed by atoms with Gasteiger partial charge in [-0.2, -0.15) is 0 Å². The minimum atomic E-state index is 0.191. The number of rotatable bonds is 2. The van der Waals surface area contributed by atoms with E-state index in [4.69, 9.17) is 5.73 Å². The lowest BCUT2D eigenvalue weighted by Gasteiger charge is -2.12. The van der Waals surface area contributed by atoms with E-state index in [2.05, 4.69) is 5.32 Å². The summed E-state index contributed by atoms with van der Waals surface area (Å²) in [6.07, 6.45) is 3.77. The molecule has 0 heterocycles. The number of amides is 1. The maximum absolute atomic E-state index is 12.2. The molecule has 2 aliphatic rings. The first-order valence-corrected chi connectivity index (χ1v) is 6.75. The molecule has 96 valence electrons. The number of carbonyl (C=O) groups is 1. The predicted octanol–water partition coefficient (Wildman–Crippen LogP) is 2.87. The Hall–Kier alpha value is -1.51. The summed E-state index contributed by atoms with van der Waals surface area (Å²) in [6, 6.07) is 3.90. The number of fused-ring (bicyclic) bond motifs is 1. The molecule has 0 radical (unpaired) electrons. The van der Waals surface area contributed by atoms with Crippen molar-refractivity contribution in [1.29, 1.82) is 0 Å². The quantitative estimate of drug-likeness (QED) is 0.786. The van der Waals surface area contributed by atoms with Crippen LogP contribution in [0.3, 0.4) is 0 Å². The third kappa shape index (κ3) is 1.78. The Kier molecular flexibility index (Phi) is 2.58. The fourth-order valence-corrected chi connectivity index (χ4v) is 3.43. The summed E-state index contributed by atoms with van der Waals surface area (Å²) in [5, 5.41) is 3.05. The summed E-state index contributed by atoms with van der Waals surface area (Å²) in [5.41, 5.74) is 9.66. The van der Waals surface area contributed by atoms with E-state index in [1.165, 1.54) is 19.3 Å². The molecule has 2 saturated carbocycles. The van der Waals surface area contributed by atoms with Crippen molar-refractivity contribution in [3.05, 3.63) is 23.3 Å². The number of nitrogens with one attached hydrogen (secondary N) is 1.